The molecule has 2 atom stereocenters. The maximum atomic E-state index is 6.27. The summed E-state index contributed by atoms with van der Waals surface area (Å²) >= 11 is 1.46. The number of hydrogen-bond donors (Lipinski definition) is 1. The summed E-state index contributed by atoms with van der Waals surface area (Å²) in [5, 5.41) is 0. The first-order valence-electron chi connectivity index (χ1n) is 7.95. The van der Waals surface area contributed by atoms with Gasteiger partial charge in [-0.05, 0) is 45.6 Å². The second-order valence-corrected chi connectivity index (χ2v) is 6.92. The Labute approximate surface area is 140 Å². The van der Waals surface area contributed by atoms with Gasteiger partial charge in [0.05, 0.1) is 6.10 Å². The predicted octanol–water partition coefficient (Wildman–Crippen LogP) is 5.26. The van der Waals surface area contributed by atoms with Crippen molar-refractivity contribution in [3.05, 3.63) is 58.5 Å². The Morgan fingerprint density at radius 3 is 2.45 bits per heavy atom. The smallest absolute Gasteiger partial charge is 0.0739 e. The fraction of sp³-hybridized carbons (Fsp3) is 0.474. The van der Waals surface area contributed by atoms with Gasteiger partial charge in [0.2, 0.25) is 0 Å². The van der Waals surface area contributed by atoms with Crippen molar-refractivity contribution in [2.75, 3.05) is 0 Å². The van der Waals surface area contributed by atoms with Crippen LogP contribution in [0.2, 0.25) is 0 Å². The van der Waals surface area contributed by atoms with Gasteiger partial charge in [-0.25, -0.2) is 0 Å². The van der Waals surface area contributed by atoms with Crippen molar-refractivity contribution in [2.24, 2.45) is 5.73 Å². The molecule has 0 spiro atoms. The molecule has 2 N–H and O–H groups in total. The number of benzene rings is 1. The second-order valence-electron chi connectivity index (χ2n) is 5.92. The summed E-state index contributed by atoms with van der Waals surface area (Å²) in [6.45, 7) is 8.40. The molecule has 0 aliphatic heterocycles. The van der Waals surface area contributed by atoms with Gasteiger partial charge in [0.1, 0.15) is 0 Å². The quantitative estimate of drug-likeness (QED) is 0.498. The lowest BCUT2D eigenvalue weighted by molar-refractivity contribution is 0.212. The average Bonchev–Trinajstić information content (AvgIpc) is 2.50. The van der Waals surface area contributed by atoms with Crippen molar-refractivity contribution < 1.29 is 4.18 Å². The highest BCUT2D eigenvalue weighted by molar-refractivity contribution is 7.98. The molecule has 0 fully saturated rings. The first-order valence-corrected chi connectivity index (χ1v) is 8.70. The molecule has 0 bridgehead atoms. The molecule has 2 nitrogen and oxygen atoms in total. The molecule has 1 aromatic carbocycles. The van der Waals surface area contributed by atoms with E-state index in [1.165, 1.54) is 23.2 Å². The largest absolute Gasteiger partial charge is 0.327 e. The molecule has 22 heavy (non-hydrogen) atoms. The van der Waals surface area contributed by atoms with E-state index in [0.717, 1.165) is 24.2 Å². The molecule has 1 aromatic rings. The van der Waals surface area contributed by atoms with Crippen LogP contribution in [0.3, 0.4) is 0 Å². The third kappa shape index (κ3) is 8.42. The Kier molecular flexibility index (Phi) is 9.21. The third-order valence-corrected chi connectivity index (χ3v) is 4.10. The van der Waals surface area contributed by atoms with Crippen molar-refractivity contribution >= 4 is 12.0 Å². The Bertz CT molecular complexity index is 477. The highest BCUT2D eigenvalue weighted by Gasteiger charge is 2.14. The SMILES string of the molecule is CCC(CC(N)Cc1ccccc1)OSC(C)=CC=C(C)C. The van der Waals surface area contributed by atoms with Crippen LogP contribution in [0.25, 0.3) is 0 Å². The van der Waals surface area contributed by atoms with Crippen LogP contribution in [-0.2, 0) is 10.6 Å². The van der Waals surface area contributed by atoms with Gasteiger partial charge in [0.15, 0.2) is 0 Å². The first-order chi connectivity index (χ1) is 10.5. The first kappa shape index (κ1) is 19.0. The molecule has 1 rings (SSSR count). The van der Waals surface area contributed by atoms with Crippen LogP contribution in [0.15, 0.2) is 53.0 Å². The minimum Gasteiger partial charge on any atom is -0.327 e. The van der Waals surface area contributed by atoms with Gasteiger partial charge in [0, 0.05) is 23.0 Å². The zero-order valence-corrected chi connectivity index (χ0v) is 15.0. The number of allylic oxidation sites excluding steroid dienone is 4. The number of hydrogen-bond acceptors (Lipinski definition) is 3. The molecule has 0 saturated carbocycles. The fourth-order valence-electron chi connectivity index (χ4n) is 2.07. The summed E-state index contributed by atoms with van der Waals surface area (Å²) in [4.78, 5) is 1.16. The Morgan fingerprint density at radius 1 is 1.18 bits per heavy atom. The van der Waals surface area contributed by atoms with Gasteiger partial charge in [-0.15, -0.1) is 0 Å². The van der Waals surface area contributed by atoms with Crippen LogP contribution in [0, 0.1) is 0 Å². The zero-order chi connectivity index (χ0) is 16.4. The van der Waals surface area contributed by atoms with Gasteiger partial charge in [-0.2, -0.15) is 0 Å². The number of rotatable bonds is 9. The topological polar surface area (TPSA) is 35.2 Å². The van der Waals surface area contributed by atoms with Crippen LogP contribution in [0.5, 0.6) is 0 Å². The van der Waals surface area contributed by atoms with E-state index in [0.29, 0.717) is 0 Å². The van der Waals surface area contributed by atoms with Crippen LogP contribution >= 0.6 is 12.0 Å². The molecule has 0 amide bonds. The molecule has 122 valence electrons. The molecular weight excluding hydrogens is 290 g/mol. The van der Waals surface area contributed by atoms with E-state index in [2.05, 4.69) is 64.1 Å². The molecule has 0 aromatic heterocycles. The minimum atomic E-state index is 0.134. The lowest BCUT2D eigenvalue weighted by Gasteiger charge is -2.19. The van der Waals surface area contributed by atoms with Gasteiger partial charge in [-0.3, -0.25) is 0 Å². The summed E-state index contributed by atoms with van der Waals surface area (Å²) < 4.78 is 5.93. The molecule has 3 heteroatoms. The van der Waals surface area contributed by atoms with Gasteiger partial charge < -0.3 is 9.92 Å². The van der Waals surface area contributed by atoms with Crippen LogP contribution in [0.1, 0.15) is 46.1 Å². The lowest BCUT2D eigenvalue weighted by Crippen LogP contribution is -2.28. The monoisotopic (exact) mass is 319 g/mol. The van der Waals surface area contributed by atoms with E-state index in [1.54, 1.807) is 0 Å². The summed E-state index contributed by atoms with van der Waals surface area (Å²) in [6, 6.07) is 10.5. The van der Waals surface area contributed by atoms with Crippen LogP contribution in [0.4, 0.5) is 0 Å². The van der Waals surface area contributed by atoms with E-state index in [9.17, 15) is 0 Å². The van der Waals surface area contributed by atoms with Crippen molar-refractivity contribution in [2.45, 2.75) is 59.1 Å². The molecule has 2 unspecified atom stereocenters. The van der Waals surface area contributed by atoms with E-state index >= 15 is 0 Å². The lowest BCUT2D eigenvalue weighted by atomic mass is 10.0. The predicted molar refractivity (Wildman–Crippen MR) is 98.7 cm³/mol. The molecular formula is C19H29NOS. The molecule has 0 aliphatic rings. The Hall–Kier alpha value is -1.03. The third-order valence-electron chi connectivity index (χ3n) is 3.33. The summed E-state index contributed by atoms with van der Waals surface area (Å²) in [5.74, 6) is 0. The maximum Gasteiger partial charge on any atom is 0.0739 e. The number of nitrogens with two attached hydrogens (primary N) is 1. The van der Waals surface area contributed by atoms with Crippen molar-refractivity contribution in [1.82, 2.24) is 0 Å². The summed E-state index contributed by atoms with van der Waals surface area (Å²) in [7, 11) is 0. The van der Waals surface area contributed by atoms with E-state index in [4.69, 9.17) is 9.92 Å². The minimum absolute atomic E-state index is 0.134. The van der Waals surface area contributed by atoms with Crippen LogP contribution in [-0.4, -0.2) is 12.1 Å². The standard InChI is InChI=1S/C19H29NOS/c1-5-19(21-22-16(4)12-11-15(2)3)14-18(20)13-17-9-7-6-8-10-17/h6-12,18-19H,5,13-14,20H2,1-4H3. The fourth-order valence-corrected chi connectivity index (χ4v) is 2.69. The Morgan fingerprint density at radius 2 is 1.86 bits per heavy atom. The molecule has 0 aliphatic carbocycles. The highest BCUT2D eigenvalue weighted by Crippen LogP contribution is 2.22. The normalized spacial score (nSPS) is 14.5. The van der Waals surface area contributed by atoms with E-state index < -0.39 is 0 Å². The summed E-state index contributed by atoms with van der Waals surface area (Å²) in [6.07, 6.45) is 7.15. The zero-order valence-electron chi connectivity index (χ0n) is 14.2. The van der Waals surface area contributed by atoms with Gasteiger partial charge in [-0.1, -0.05) is 55.0 Å². The highest BCUT2D eigenvalue weighted by atomic mass is 32.2. The maximum absolute atomic E-state index is 6.27. The van der Waals surface area contributed by atoms with Crippen molar-refractivity contribution in [3.8, 4) is 0 Å². The van der Waals surface area contributed by atoms with E-state index in [-0.39, 0.29) is 12.1 Å². The molecule has 0 saturated heterocycles. The second kappa shape index (κ2) is 10.7. The summed E-state index contributed by atoms with van der Waals surface area (Å²) in [5.41, 5.74) is 8.85. The van der Waals surface area contributed by atoms with E-state index in [1.807, 2.05) is 6.07 Å². The molecule has 0 radical (unpaired) electrons. The van der Waals surface area contributed by atoms with Crippen LogP contribution < -0.4 is 5.73 Å². The average molecular weight is 320 g/mol. The van der Waals surface area contributed by atoms with Gasteiger partial charge in [0.25, 0.3) is 0 Å². The van der Waals surface area contributed by atoms with Crippen molar-refractivity contribution in [1.29, 1.82) is 0 Å². The Balaban J connectivity index is 2.41. The van der Waals surface area contributed by atoms with Crippen molar-refractivity contribution in [3.63, 3.8) is 0 Å². The van der Waals surface area contributed by atoms with Gasteiger partial charge >= 0.3 is 0 Å². The molecule has 0 heterocycles.